The normalized spacial score (nSPS) is 13.5. The predicted molar refractivity (Wildman–Crippen MR) is 106 cm³/mol. The number of alkyl halides is 3. The van der Waals surface area contributed by atoms with Crippen LogP contribution in [-0.2, 0) is 20.1 Å². The monoisotopic (exact) mass is 422 g/mol. The third-order valence-corrected chi connectivity index (χ3v) is 4.71. The van der Waals surface area contributed by atoms with Gasteiger partial charge in [0.25, 0.3) is 0 Å². The van der Waals surface area contributed by atoms with E-state index in [-0.39, 0.29) is 17.9 Å². The lowest BCUT2D eigenvalue weighted by Crippen LogP contribution is -2.45. The van der Waals surface area contributed by atoms with Gasteiger partial charge in [0.15, 0.2) is 0 Å². The van der Waals surface area contributed by atoms with E-state index in [0.717, 1.165) is 5.56 Å². The molecule has 2 N–H and O–H groups in total. The van der Waals surface area contributed by atoms with Crippen LogP contribution in [-0.4, -0.2) is 22.9 Å². The topological polar surface area (TPSA) is 82.3 Å². The van der Waals surface area contributed by atoms with Crippen LogP contribution in [0.4, 0.5) is 13.2 Å². The van der Waals surface area contributed by atoms with Crippen LogP contribution in [0.25, 0.3) is 11.1 Å². The van der Waals surface area contributed by atoms with Crippen molar-refractivity contribution in [3.8, 4) is 11.1 Å². The van der Waals surface area contributed by atoms with E-state index < -0.39 is 17.9 Å². The van der Waals surface area contributed by atoms with Gasteiger partial charge in [0.05, 0.1) is 5.69 Å². The van der Waals surface area contributed by atoms with Crippen molar-refractivity contribution in [3.05, 3.63) is 54.4 Å². The van der Waals surface area contributed by atoms with E-state index in [1.165, 1.54) is 12.3 Å². The second kappa shape index (κ2) is 10.3. The Balaban J connectivity index is 2.22. The minimum atomic E-state index is -5.17. The molecule has 162 valence electrons. The largest absolute Gasteiger partial charge is 0.491 e. The molecule has 0 radical (unpaired) electrons. The van der Waals surface area contributed by atoms with Crippen LogP contribution in [0.5, 0.6) is 0 Å². The number of nitrogens with zero attached hydrogens (tertiary/aromatic N) is 1. The van der Waals surface area contributed by atoms with E-state index in [1.807, 2.05) is 30.3 Å². The number of pyridine rings is 1. The van der Waals surface area contributed by atoms with Crippen molar-refractivity contribution in [3.63, 3.8) is 0 Å². The molecule has 0 fully saturated rings. The van der Waals surface area contributed by atoms with Crippen LogP contribution in [0.1, 0.15) is 51.1 Å². The molecule has 2 aromatic rings. The Morgan fingerprint density at radius 3 is 2.37 bits per heavy atom. The SMILES string of the molecule is CCC(=O)CCCCC[C@](N)(OC(=O)C(F)(F)F)c1cc(-c2ccccc2)ccn1. The van der Waals surface area contributed by atoms with Crippen LogP contribution in [0.15, 0.2) is 48.7 Å². The van der Waals surface area contributed by atoms with Gasteiger partial charge in [0, 0.05) is 25.5 Å². The number of esters is 1. The van der Waals surface area contributed by atoms with E-state index in [4.69, 9.17) is 10.5 Å². The second-order valence-corrected chi connectivity index (χ2v) is 7.03. The summed E-state index contributed by atoms with van der Waals surface area (Å²) in [4.78, 5) is 27.0. The maximum atomic E-state index is 12.8. The molecular formula is C22H25F3N2O3. The Bertz CT molecular complexity index is 856. The highest BCUT2D eigenvalue weighted by molar-refractivity contribution is 5.78. The molecule has 30 heavy (non-hydrogen) atoms. The molecule has 0 aliphatic carbocycles. The van der Waals surface area contributed by atoms with E-state index in [0.29, 0.717) is 37.7 Å². The first-order chi connectivity index (χ1) is 14.2. The summed E-state index contributed by atoms with van der Waals surface area (Å²) in [5, 5.41) is 0. The van der Waals surface area contributed by atoms with Crippen molar-refractivity contribution in [1.82, 2.24) is 4.98 Å². The maximum Gasteiger partial charge on any atom is 0.491 e. The first-order valence-corrected chi connectivity index (χ1v) is 9.78. The standard InChI is InChI=1S/C22H25F3N2O3/c1-2-18(28)11-7-4-8-13-21(26,30-20(29)22(23,24)25)19-15-17(12-14-27-19)16-9-5-3-6-10-16/h3,5-6,9-10,12,14-15H,2,4,7-8,11,13,26H2,1H3/t21-/m0/s1. The number of carbonyl (C=O) groups is 2. The number of Topliss-reactive ketones (excluding diaryl/α,β-unsaturated/α-hetero) is 1. The number of hydrogen-bond acceptors (Lipinski definition) is 5. The fourth-order valence-corrected chi connectivity index (χ4v) is 2.99. The summed E-state index contributed by atoms with van der Waals surface area (Å²) < 4.78 is 43.2. The number of halogens is 3. The average Bonchev–Trinajstić information content (AvgIpc) is 2.73. The van der Waals surface area contributed by atoms with Crippen LogP contribution < -0.4 is 5.73 Å². The van der Waals surface area contributed by atoms with Crippen molar-refractivity contribution >= 4 is 11.8 Å². The molecular weight excluding hydrogens is 397 g/mol. The van der Waals surface area contributed by atoms with Gasteiger partial charge in [-0.2, -0.15) is 13.2 Å². The lowest BCUT2D eigenvalue weighted by atomic mass is 9.97. The molecule has 1 heterocycles. The van der Waals surface area contributed by atoms with Gasteiger partial charge in [0.1, 0.15) is 5.78 Å². The number of aromatic nitrogens is 1. The van der Waals surface area contributed by atoms with Gasteiger partial charge in [-0.25, -0.2) is 4.79 Å². The smallest absolute Gasteiger partial charge is 0.431 e. The van der Waals surface area contributed by atoms with E-state index in [9.17, 15) is 22.8 Å². The van der Waals surface area contributed by atoms with Crippen molar-refractivity contribution in [2.75, 3.05) is 0 Å². The molecule has 0 amide bonds. The first kappa shape index (κ1) is 23.5. The summed E-state index contributed by atoms with van der Waals surface area (Å²) >= 11 is 0. The number of hydrogen-bond donors (Lipinski definition) is 1. The third-order valence-electron chi connectivity index (χ3n) is 4.71. The molecule has 2 rings (SSSR count). The Morgan fingerprint density at radius 1 is 1.03 bits per heavy atom. The first-order valence-electron chi connectivity index (χ1n) is 9.78. The Labute approximate surface area is 173 Å². The molecule has 1 atom stereocenters. The number of unbranched alkanes of at least 4 members (excludes halogenated alkanes) is 2. The van der Waals surface area contributed by atoms with Gasteiger partial charge in [-0.3, -0.25) is 15.5 Å². The number of carbonyl (C=O) groups excluding carboxylic acids is 2. The Morgan fingerprint density at radius 2 is 1.73 bits per heavy atom. The summed E-state index contributed by atoms with van der Waals surface area (Å²) in [6, 6.07) is 12.4. The molecule has 0 aliphatic rings. The van der Waals surface area contributed by atoms with Crippen LogP contribution in [0, 0.1) is 0 Å². The molecule has 0 saturated carbocycles. The zero-order chi connectivity index (χ0) is 22.2. The van der Waals surface area contributed by atoms with Gasteiger partial charge >= 0.3 is 12.1 Å². The number of ether oxygens (including phenoxy) is 1. The van der Waals surface area contributed by atoms with E-state index in [2.05, 4.69) is 4.98 Å². The molecule has 0 spiro atoms. The minimum Gasteiger partial charge on any atom is -0.431 e. The van der Waals surface area contributed by atoms with Gasteiger partial charge < -0.3 is 4.74 Å². The van der Waals surface area contributed by atoms with Gasteiger partial charge in [-0.1, -0.05) is 43.7 Å². The summed E-state index contributed by atoms with van der Waals surface area (Å²) in [5.74, 6) is -2.24. The average molecular weight is 422 g/mol. The Kier molecular flexibility index (Phi) is 8.11. The van der Waals surface area contributed by atoms with E-state index in [1.54, 1.807) is 13.0 Å². The van der Waals surface area contributed by atoms with Gasteiger partial charge in [-0.15, -0.1) is 0 Å². The van der Waals surface area contributed by atoms with Crippen molar-refractivity contribution in [2.24, 2.45) is 5.73 Å². The van der Waals surface area contributed by atoms with Gasteiger partial charge in [0.2, 0.25) is 5.72 Å². The highest BCUT2D eigenvalue weighted by Crippen LogP contribution is 2.31. The molecule has 8 heteroatoms. The highest BCUT2D eigenvalue weighted by atomic mass is 19.4. The summed E-state index contributed by atoms with van der Waals surface area (Å²) in [6.07, 6.45) is -1.44. The fourth-order valence-electron chi connectivity index (χ4n) is 2.99. The zero-order valence-electron chi connectivity index (χ0n) is 16.7. The number of ketones is 1. The fraction of sp³-hybridized carbons (Fsp3) is 0.409. The van der Waals surface area contributed by atoms with Crippen molar-refractivity contribution in [2.45, 2.75) is 57.3 Å². The highest BCUT2D eigenvalue weighted by Gasteiger charge is 2.46. The van der Waals surface area contributed by atoms with Gasteiger partial charge in [-0.05, 0) is 36.1 Å². The lowest BCUT2D eigenvalue weighted by Gasteiger charge is -2.29. The molecule has 1 aromatic carbocycles. The van der Waals surface area contributed by atoms with Crippen LogP contribution in [0.3, 0.4) is 0 Å². The van der Waals surface area contributed by atoms with E-state index >= 15 is 0 Å². The van der Waals surface area contributed by atoms with Crippen molar-refractivity contribution in [1.29, 1.82) is 0 Å². The molecule has 1 aromatic heterocycles. The molecule has 0 aliphatic heterocycles. The number of nitrogens with two attached hydrogens (primary N) is 1. The summed E-state index contributed by atoms with van der Waals surface area (Å²) in [5.41, 5.74) is 5.67. The second-order valence-electron chi connectivity index (χ2n) is 7.03. The zero-order valence-corrected chi connectivity index (χ0v) is 16.7. The summed E-state index contributed by atoms with van der Waals surface area (Å²) in [6.45, 7) is 1.77. The van der Waals surface area contributed by atoms with Crippen molar-refractivity contribution < 1.29 is 27.5 Å². The quantitative estimate of drug-likeness (QED) is 0.335. The molecule has 5 nitrogen and oxygen atoms in total. The molecule has 0 saturated heterocycles. The molecule has 0 bridgehead atoms. The maximum absolute atomic E-state index is 12.8. The predicted octanol–water partition coefficient (Wildman–Crippen LogP) is 4.90. The van der Waals surface area contributed by atoms with Crippen LogP contribution >= 0.6 is 0 Å². The minimum absolute atomic E-state index is 0.0334. The number of benzene rings is 1. The Hall–Kier alpha value is -2.74. The van der Waals surface area contributed by atoms with Crippen LogP contribution in [0.2, 0.25) is 0 Å². The molecule has 0 unspecified atom stereocenters. The number of rotatable bonds is 10. The third kappa shape index (κ3) is 6.66. The lowest BCUT2D eigenvalue weighted by molar-refractivity contribution is -0.216. The summed E-state index contributed by atoms with van der Waals surface area (Å²) in [7, 11) is 0.